The summed E-state index contributed by atoms with van der Waals surface area (Å²) in [6, 6.07) is 0.940. The number of rotatable bonds is 2. The van der Waals surface area contributed by atoms with Crippen LogP contribution in [0, 0.1) is 0 Å². The van der Waals surface area contributed by atoms with E-state index in [1.165, 1.54) is 13.2 Å². The SMILES string of the molecule is CC[N+]1(C(=O)O)N=C(NC(=O)NC(C)(C)C)c2sc(C(=O)OC)cc21. The van der Waals surface area contributed by atoms with E-state index in [0.717, 1.165) is 11.3 Å². The Labute approximate surface area is 148 Å². The van der Waals surface area contributed by atoms with Gasteiger partial charge in [0.25, 0.3) is 0 Å². The highest BCUT2D eigenvalue weighted by Crippen LogP contribution is 2.41. The highest BCUT2D eigenvalue weighted by atomic mass is 32.1. The van der Waals surface area contributed by atoms with Crippen LogP contribution in [0.2, 0.25) is 0 Å². The van der Waals surface area contributed by atoms with Crippen LogP contribution in [-0.2, 0) is 4.74 Å². The van der Waals surface area contributed by atoms with Gasteiger partial charge in [0.1, 0.15) is 16.3 Å². The highest BCUT2D eigenvalue weighted by Gasteiger charge is 2.50. The van der Waals surface area contributed by atoms with Crippen molar-refractivity contribution in [1.29, 1.82) is 0 Å². The molecule has 2 heterocycles. The topological polar surface area (TPSA) is 117 Å². The third-order valence-electron chi connectivity index (χ3n) is 3.48. The Hall–Kier alpha value is -2.46. The van der Waals surface area contributed by atoms with Gasteiger partial charge in [0.15, 0.2) is 5.69 Å². The summed E-state index contributed by atoms with van der Waals surface area (Å²) in [6.07, 6.45) is -1.20. The number of nitrogens with one attached hydrogen (secondary N) is 2. The van der Waals surface area contributed by atoms with Crippen LogP contribution in [0.3, 0.4) is 0 Å². The van der Waals surface area contributed by atoms with Crippen molar-refractivity contribution < 1.29 is 24.2 Å². The summed E-state index contributed by atoms with van der Waals surface area (Å²) in [5.74, 6) is -0.460. The van der Waals surface area contributed by atoms with E-state index in [0.29, 0.717) is 10.6 Å². The first-order valence-corrected chi connectivity index (χ1v) is 8.39. The maximum Gasteiger partial charge on any atom is 0.546 e. The molecule has 136 valence electrons. The second kappa shape index (κ2) is 6.45. The van der Waals surface area contributed by atoms with E-state index in [1.807, 2.05) is 20.8 Å². The van der Waals surface area contributed by atoms with Crippen molar-refractivity contribution in [2.45, 2.75) is 33.2 Å². The first-order chi connectivity index (χ1) is 11.5. The molecular formula is C15H21N4O5S+. The number of thiophene rings is 1. The monoisotopic (exact) mass is 369 g/mol. The van der Waals surface area contributed by atoms with Crippen molar-refractivity contribution in [3.63, 3.8) is 0 Å². The Morgan fingerprint density at radius 2 is 2.00 bits per heavy atom. The molecule has 3 N–H and O–H groups in total. The molecule has 0 aromatic carbocycles. The van der Waals surface area contributed by atoms with E-state index < -0.39 is 28.2 Å². The van der Waals surface area contributed by atoms with E-state index in [1.54, 1.807) is 6.92 Å². The molecule has 1 aromatic heterocycles. The summed E-state index contributed by atoms with van der Waals surface area (Å²) in [6.45, 7) is 7.23. The fourth-order valence-corrected chi connectivity index (χ4v) is 3.44. The summed E-state index contributed by atoms with van der Waals surface area (Å²) in [5.41, 5.74) is -0.145. The molecule has 1 aliphatic heterocycles. The van der Waals surface area contributed by atoms with Crippen molar-refractivity contribution >= 4 is 41.0 Å². The van der Waals surface area contributed by atoms with E-state index in [9.17, 15) is 19.5 Å². The molecule has 0 radical (unpaired) electrons. The average molecular weight is 369 g/mol. The van der Waals surface area contributed by atoms with E-state index in [2.05, 4.69) is 15.7 Å². The number of carboxylic acid groups (broad SMARTS) is 1. The molecule has 0 bridgehead atoms. The smallest absolute Gasteiger partial charge is 0.465 e. The van der Waals surface area contributed by atoms with Crippen LogP contribution in [0.1, 0.15) is 42.2 Å². The zero-order valence-corrected chi connectivity index (χ0v) is 15.5. The fourth-order valence-electron chi connectivity index (χ4n) is 2.38. The van der Waals surface area contributed by atoms with Crippen LogP contribution in [0.25, 0.3) is 0 Å². The Balaban J connectivity index is 2.46. The Morgan fingerprint density at radius 3 is 2.48 bits per heavy atom. The van der Waals surface area contributed by atoms with Crippen LogP contribution in [0.4, 0.5) is 15.3 Å². The molecule has 0 saturated heterocycles. The minimum absolute atomic E-state index is 0.112. The van der Waals surface area contributed by atoms with Crippen molar-refractivity contribution in [3.05, 3.63) is 15.8 Å². The zero-order chi connectivity index (χ0) is 19.0. The second-order valence-corrected chi connectivity index (χ2v) is 7.51. The quantitative estimate of drug-likeness (QED) is 0.546. The lowest BCUT2D eigenvalue weighted by Gasteiger charge is -2.20. The van der Waals surface area contributed by atoms with Gasteiger partial charge in [0, 0.05) is 11.6 Å². The number of amides is 3. The van der Waals surface area contributed by atoms with Gasteiger partial charge in [-0.05, 0) is 32.8 Å². The van der Waals surface area contributed by atoms with Gasteiger partial charge in [-0.3, -0.25) is 5.32 Å². The second-order valence-electron chi connectivity index (χ2n) is 6.46. The Bertz CT molecular complexity index is 764. The lowest BCUT2D eigenvalue weighted by Crippen LogP contribution is -2.49. The van der Waals surface area contributed by atoms with E-state index in [4.69, 9.17) is 4.74 Å². The standard InChI is InChI=1S/C15H20N4O5S/c1-6-19(14(22)23)8-7-9(12(20)24-5)25-10(8)11(18-19)16-13(21)17-15(2,3)4/h7H,6H2,1-5H3,(H2-,16,17,18,21,22,23)/p+1. The Morgan fingerprint density at radius 1 is 1.36 bits per heavy atom. The molecule has 2 rings (SSSR count). The number of hydrogen-bond acceptors (Lipinski definition) is 6. The largest absolute Gasteiger partial charge is 0.546 e. The number of urea groups is 1. The third-order valence-corrected chi connectivity index (χ3v) is 4.59. The number of amidine groups is 1. The summed E-state index contributed by atoms with van der Waals surface area (Å²) in [5, 5.41) is 19.2. The van der Waals surface area contributed by atoms with Gasteiger partial charge in [-0.15, -0.1) is 11.3 Å². The molecule has 0 saturated carbocycles. The average Bonchev–Trinajstić information content (AvgIpc) is 3.04. The summed E-state index contributed by atoms with van der Waals surface area (Å²) in [7, 11) is 1.25. The van der Waals surface area contributed by atoms with Crippen molar-refractivity contribution in [2.24, 2.45) is 5.10 Å². The van der Waals surface area contributed by atoms with Crippen molar-refractivity contribution in [2.75, 3.05) is 13.7 Å². The number of hydrogen-bond donors (Lipinski definition) is 3. The number of carbonyl (C=O) groups is 3. The Kier molecular flexibility index (Phi) is 4.87. The first-order valence-electron chi connectivity index (χ1n) is 7.58. The number of carbonyl (C=O) groups excluding carboxylic acids is 2. The molecule has 9 nitrogen and oxygen atoms in total. The number of quaternary nitrogens is 1. The van der Waals surface area contributed by atoms with Crippen molar-refractivity contribution in [1.82, 2.24) is 15.2 Å². The van der Waals surface area contributed by atoms with Crippen LogP contribution in [0.15, 0.2) is 11.2 Å². The number of methoxy groups -OCH3 is 1. The maximum atomic E-state index is 12.1. The number of esters is 1. The normalized spacial score (nSPS) is 19.0. The molecule has 0 aliphatic carbocycles. The van der Waals surface area contributed by atoms with Gasteiger partial charge < -0.3 is 15.2 Å². The fraction of sp³-hybridized carbons (Fsp3) is 0.467. The van der Waals surface area contributed by atoms with Gasteiger partial charge in [0.2, 0.25) is 5.84 Å². The zero-order valence-electron chi connectivity index (χ0n) is 14.7. The highest BCUT2D eigenvalue weighted by molar-refractivity contribution is 7.16. The van der Waals surface area contributed by atoms with Crippen LogP contribution in [0.5, 0.6) is 0 Å². The first kappa shape index (κ1) is 18.9. The van der Waals surface area contributed by atoms with Gasteiger partial charge in [-0.1, -0.05) is 4.59 Å². The predicted octanol–water partition coefficient (Wildman–Crippen LogP) is 2.31. The number of ether oxygens (including phenoxy) is 1. The van der Waals surface area contributed by atoms with E-state index in [-0.39, 0.29) is 17.3 Å². The molecule has 25 heavy (non-hydrogen) atoms. The molecule has 10 heteroatoms. The maximum absolute atomic E-state index is 12.1. The van der Waals surface area contributed by atoms with E-state index >= 15 is 0 Å². The minimum Gasteiger partial charge on any atom is -0.465 e. The predicted molar refractivity (Wildman–Crippen MR) is 94.0 cm³/mol. The molecular weight excluding hydrogens is 348 g/mol. The van der Waals surface area contributed by atoms with Gasteiger partial charge in [-0.25, -0.2) is 9.59 Å². The molecule has 1 atom stereocenters. The molecule has 1 aliphatic rings. The summed E-state index contributed by atoms with van der Waals surface area (Å²) in [4.78, 5) is 36.5. The lowest BCUT2D eigenvalue weighted by molar-refractivity contribution is 0.0606. The molecule has 0 fully saturated rings. The summed E-state index contributed by atoms with van der Waals surface area (Å²) >= 11 is 1.03. The van der Waals surface area contributed by atoms with Crippen LogP contribution in [-0.4, -0.2) is 48.2 Å². The molecule has 3 amide bonds. The van der Waals surface area contributed by atoms with Gasteiger partial charge in [0.05, 0.1) is 7.11 Å². The molecule has 1 unspecified atom stereocenters. The molecule has 0 spiro atoms. The number of nitrogens with zero attached hydrogens (tertiary/aromatic N) is 2. The van der Waals surface area contributed by atoms with Gasteiger partial charge >= 0.3 is 18.1 Å². The lowest BCUT2D eigenvalue weighted by atomic mass is 10.1. The van der Waals surface area contributed by atoms with Crippen LogP contribution < -0.4 is 15.2 Å². The van der Waals surface area contributed by atoms with Crippen LogP contribution >= 0.6 is 11.3 Å². The molecule has 1 aromatic rings. The summed E-state index contributed by atoms with van der Waals surface area (Å²) < 4.78 is 3.95. The third kappa shape index (κ3) is 3.49. The number of fused-ring (bicyclic) bond motifs is 1. The minimum atomic E-state index is -1.20. The van der Waals surface area contributed by atoms with Gasteiger partial charge in [-0.2, -0.15) is 4.79 Å². The van der Waals surface area contributed by atoms with Crippen molar-refractivity contribution in [3.8, 4) is 0 Å².